The smallest absolute Gasteiger partial charge is 0.160 e. The van der Waals surface area contributed by atoms with Crippen LogP contribution in [0.1, 0.15) is 25.0 Å². The van der Waals surface area contributed by atoms with Crippen molar-refractivity contribution in [3.63, 3.8) is 0 Å². The number of benzene rings is 6. The van der Waals surface area contributed by atoms with Crippen molar-refractivity contribution in [3.8, 4) is 39.6 Å². The third kappa shape index (κ3) is 3.58. The van der Waals surface area contributed by atoms with Crippen LogP contribution in [0.15, 0.2) is 144 Å². The minimum Gasteiger partial charge on any atom is -0.456 e. The average Bonchev–Trinajstić information content (AvgIpc) is 3.74. The van der Waals surface area contributed by atoms with Crippen LogP contribution < -0.4 is 0 Å². The first kappa shape index (κ1) is 26.2. The van der Waals surface area contributed by atoms with Gasteiger partial charge in [0.2, 0.25) is 0 Å². The third-order valence-corrected chi connectivity index (χ3v) is 10.00. The average molecular weight is 604 g/mol. The summed E-state index contributed by atoms with van der Waals surface area (Å²) in [7, 11) is 0. The van der Waals surface area contributed by atoms with Gasteiger partial charge in [-0.3, -0.25) is 0 Å². The van der Waals surface area contributed by atoms with Gasteiger partial charge in [0, 0.05) is 43.8 Å². The van der Waals surface area contributed by atoms with Crippen molar-refractivity contribution in [2.75, 3.05) is 0 Å². The molecule has 0 bridgehead atoms. The third-order valence-electron chi connectivity index (χ3n) is 10.00. The van der Waals surface area contributed by atoms with Crippen molar-refractivity contribution < 1.29 is 4.42 Å². The fourth-order valence-corrected chi connectivity index (χ4v) is 7.91. The van der Waals surface area contributed by atoms with Crippen molar-refractivity contribution in [1.29, 1.82) is 0 Å². The molecule has 9 aromatic rings. The molecule has 0 aliphatic heterocycles. The van der Waals surface area contributed by atoms with Gasteiger partial charge in [-0.05, 0) is 35.9 Å². The first-order valence-corrected chi connectivity index (χ1v) is 16.1. The highest BCUT2D eigenvalue weighted by molar-refractivity contribution is 6.24. The highest BCUT2D eigenvalue weighted by Crippen LogP contribution is 2.52. The molecule has 0 atom stereocenters. The van der Waals surface area contributed by atoms with E-state index in [9.17, 15) is 0 Å². The number of rotatable bonds is 3. The first-order chi connectivity index (χ1) is 23.1. The molecule has 0 saturated carbocycles. The van der Waals surface area contributed by atoms with Crippen LogP contribution in [0.2, 0.25) is 0 Å². The zero-order valence-corrected chi connectivity index (χ0v) is 26.0. The van der Waals surface area contributed by atoms with Crippen LogP contribution in [-0.2, 0) is 5.41 Å². The Bertz CT molecular complexity index is 2710. The molecule has 0 unspecified atom stereocenters. The van der Waals surface area contributed by atoms with E-state index in [4.69, 9.17) is 14.4 Å². The van der Waals surface area contributed by atoms with E-state index in [1.165, 1.54) is 21.9 Å². The largest absolute Gasteiger partial charge is 0.456 e. The molecular weight excluding hydrogens is 574 g/mol. The summed E-state index contributed by atoms with van der Waals surface area (Å²) in [6.45, 7) is 4.61. The van der Waals surface area contributed by atoms with Crippen LogP contribution in [0.3, 0.4) is 0 Å². The number of aromatic nitrogens is 3. The standard InChI is InChI=1S/C43H29N3O/c1-43(2)32-20-10-6-17-29(32)39-38(43)40(45-42(44-39)26-14-4-3-5-15-26)30-18-8-12-22-34(30)46-33-21-11-7-16-27(33)28-24-25-36-37(41(28)46)31-19-9-13-23-35(31)47-36/h3-25H,1-2H3. The predicted octanol–water partition coefficient (Wildman–Crippen LogP) is 11.1. The molecule has 0 spiro atoms. The van der Waals surface area contributed by atoms with Gasteiger partial charge in [0.05, 0.1) is 33.5 Å². The molecule has 0 N–H and O–H groups in total. The number of para-hydroxylation sites is 3. The predicted molar refractivity (Wildman–Crippen MR) is 192 cm³/mol. The molecule has 0 amide bonds. The van der Waals surface area contributed by atoms with Gasteiger partial charge in [0.25, 0.3) is 0 Å². The Hall–Kier alpha value is -6.00. The van der Waals surface area contributed by atoms with Crippen LogP contribution in [0.25, 0.3) is 83.3 Å². The molecule has 6 aromatic carbocycles. The van der Waals surface area contributed by atoms with Crippen LogP contribution in [0.5, 0.6) is 0 Å². The lowest BCUT2D eigenvalue weighted by Crippen LogP contribution is -2.18. The lowest BCUT2D eigenvalue weighted by Gasteiger charge is -2.25. The summed E-state index contributed by atoms with van der Waals surface area (Å²) < 4.78 is 8.84. The van der Waals surface area contributed by atoms with Crippen LogP contribution >= 0.6 is 0 Å². The fourth-order valence-electron chi connectivity index (χ4n) is 7.91. The zero-order chi connectivity index (χ0) is 31.3. The normalized spacial score (nSPS) is 13.5. The maximum atomic E-state index is 6.42. The van der Waals surface area contributed by atoms with E-state index in [0.717, 1.165) is 72.6 Å². The molecule has 4 nitrogen and oxygen atoms in total. The molecule has 3 aromatic heterocycles. The van der Waals surface area contributed by atoms with E-state index in [1.54, 1.807) is 0 Å². The monoisotopic (exact) mass is 603 g/mol. The second-order valence-corrected chi connectivity index (χ2v) is 13.0. The summed E-state index contributed by atoms with van der Waals surface area (Å²) in [4.78, 5) is 10.7. The van der Waals surface area contributed by atoms with Gasteiger partial charge in [-0.25, -0.2) is 9.97 Å². The highest BCUT2D eigenvalue weighted by Gasteiger charge is 2.40. The molecule has 0 saturated heterocycles. The van der Waals surface area contributed by atoms with E-state index < -0.39 is 0 Å². The topological polar surface area (TPSA) is 43.9 Å². The molecule has 222 valence electrons. The Balaban J connectivity index is 1.36. The Kier molecular flexibility index (Phi) is 5.31. The van der Waals surface area contributed by atoms with E-state index >= 15 is 0 Å². The lowest BCUT2D eigenvalue weighted by atomic mass is 9.80. The zero-order valence-electron chi connectivity index (χ0n) is 26.0. The summed E-state index contributed by atoms with van der Waals surface area (Å²) in [5.41, 5.74) is 12.5. The van der Waals surface area contributed by atoms with Crippen molar-refractivity contribution in [1.82, 2.24) is 14.5 Å². The SMILES string of the molecule is CC1(C)c2ccccc2-c2nc(-c3ccccc3)nc(-c3ccccc3-n3c4ccccc4c4ccc5oc6ccccc6c5c43)c21. The molecule has 4 heteroatoms. The van der Waals surface area contributed by atoms with Crippen molar-refractivity contribution in [2.24, 2.45) is 0 Å². The molecule has 47 heavy (non-hydrogen) atoms. The van der Waals surface area contributed by atoms with E-state index in [2.05, 4.69) is 146 Å². The molecule has 3 heterocycles. The fraction of sp³-hybridized carbons (Fsp3) is 0.0698. The molecule has 10 rings (SSSR count). The quantitative estimate of drug-likeness (QED) is 0.202. The molecular formula is C43H29N3O. The summed E-state index contributed by atoms with van der Waals surface area (Å²) >= 11 is 0. The van der Waals surface area contributed by atoms with Crippen LogP contribution in [0, 0.1) is 0 Å². The van der Waals surface area contributed by atoms with Crippen molar-refractivity contribution >= 4 is 43.7 Å². The Labute approximate surface area is 271 Å². The van der Waals surface area contributed by atoms with Gasteiger partial charge in [0.1, 0.15) is 11.2 Å². The number of nitrogens with zero attached hydrogens (tertiary/aromatic N) is 3. The summed E-state index contributed by atoms with van der Waals surface area (Å²) in [6, 6.07) is 49.1. The second kappa shape index (κ2) is 9.51. The molecule has 0 radical (unpaired) electrons. The number of fused-ring (bicyclic) bond motifs is 10. The highest BCUT2D eigenvalue weighted by atomic mass is 16.3. The van der Waals surface area contributed by atoms with Crippen LogP contribution in [-0.4, -0.2) is 14.5 Å². The van der Waals surface area contributed by atoms with E-state index in [0.29, 0.717) is 0 Å². The van der Waals surface area contributed by atoms with Crippen molar-refractivity contribution in [2.45, 2.75) is 19.3 Å². The minimum atomic E-state index is -0.293. The van der Waals surface area contributed by atoms with Gasteiger partial charge >= 0.3 is 0 Å². The number of hydrogen-bond acceptors (Lipinski definition) is 3. The summed E-state index contributed by atoms with van der Waals surface area (Å²) in [6.07, 6.45) is 0. The summed E-state index contributed by atoms with van der Waals surface area (Å²) in [5, 5.41) is 4.63. The van der Waals surface area contributed by atoms with Gasteiger partial charge in [-0.2, -0.15) is 0 Å². The first-order valence-electron chi connectivity index (χ1n) is 16.1. The molecule has 0 fully saturated rings. The van der Waals surface area contributed by atoms with Crippen molar-refractivity contribution in [3.05, 3.63) is 151 Å². The minimum absolute atomic E-state index is 0.293. The van der Waals surface area contributed by atoms with E-state index in [-0.39, 0.29) is 5.41 Å². The Morgan fingerprint density at radius 3 is 2.06 bits per heavy atom. The lowest BCUT2D eigenvalue weighted by molar-refractivity contribution is 0.658. The maximum absolute atomic E-state index is 6.42. The van der Waals surface area contributed by atoms with E-state index in [1.807, 2.05) is 12.1 Å². The van der Waals surface area contributed by atoms with Gasteiger partial charge in [0.15, 0.2) is 5.82 Å². The Morgan fingerprint density at radius 2 is 1.21 bits per heavy atom. The van der Waals surface area contributed by atoms with Gasteiger partial charge in [-0.1, -0.05) is 123 Å². The van der Waals surface area contributed by atoms with Gasteiger partial charge in [-0.15, -0.1) is 0 Å². The number of furan rings is 1. The second-order valence-electron chi connectivity index (χ2n) is 13.0. The maximum Gasteiger partial charge on any atom is 0.160 e. The molecule has 1 aliphatic carbocycles. The summed E-state index contributed by atoms with van der Waals surface area (Å²) in [5.74, 6) is 0.729. The van der Waals surface area contributed by atoms with Crippen LogP contribution in [0.4, 0.5) is 0 Å². The Morgan fingerprint density at radius 1 is 0.553 bits per heavy atom. The molecule has 1 aliphatic rings. The van der Waals surface area contributed by atoms with Gasteiger partial charge < -0.3 is 8.98 Å². The number of hydrogen-bond donors (Lipinski definition) is 0.